The molecule has 1 atom stereocenters. The average Bonchev–Trinajstić information content (AvgIpc) is 3.06. The number of nitrogens with one attached hydrogen (secondary N) is 2. The lowest BCUT2D eigenvalue weighted by Crippen LogP contribution is -2.55. The first-order valence-corrected chi connectivity index (χ1v) is 12.8. The maximum absolute atomic E-state index is 13.2. The van der Waals surface area contributed by atoms with Crippen LogP contribution in [0.15, 0.2) is 48.5 Å². The molecular weight excluding hydrogens is 458 g/mol. The molecule has 3 N–H and O–H groups in total. The standard InChI is InChI=1S/C27H33N5O4/c33-22-10-8-19(9-11-22)17-31-14-4-3-7-24(25(31)34)29-26(35)30-15-12-21(13-16-30)32-18-20-5-1-2-6-23(20)28-27(32)36/h1-2,5-6,8-11,21,24,33H,3-4,7,12-18H2,(H,28,36)(H,29,35). The first-order chi connectivity index (χ1) is 17.5. The molecule has 2 fully saturated rings. The summed E-state index contributed by atoms with van der Waals surface area (Å²) < 4.78 is 0. The molecule has 3 heterocycles. The Morgan fingerprint density at radius 3 is 2.50 bits per heavy atom. The maximum atomic E-state index is 13.2. The Morgan fingerprint density at radius 1 is 0.972 bits per heavy atom. The Bertz CT molecular complexity index is 1110. The minimum atomic E-state index is -0.542. The zero-order chi connectivity index (χ0) is 25.1. The Labute approximate surface area is 211 Å². The fraction of sp³-hybridized carbons (Fsp3) is 0.444. The van der Waals surface area contributed by atoms with Crippen LogP contribution in [0.3, 0.4) is 0 Å². The lowest BCUT2D eigenvalue weighted by Gasteiger charge is -2.40. The molecule has 190 valence electrons. The minimum Gasteiger partial charge on any atom is -0.508 e. The monoisotopic (exact) mass is 491 g/mol. The molecule has 2 aromatic rings. The number of phenolic OH excluding ortho intramolecular Hbond substituents is 1. The van der Waals surface area contributed by atoms with Crippen LogP contribution in [0.1, 0.15) is 43.2 Å². The summed E-state index contributed by atoms with van der Waals surface area (Å²) in [6, 6.07) is 13.9. The molecule has 0 radical (unpaired) electrons. The van der Waals surface area contributed by atoms with Crippen molar-refractivity contribution in [2.75, 3.05) is 25.0 Å². The van der Waals surface area contributed by atoms with Crippen LogP contribution in [-0.2, 0) is 17.9 Å². The van der Waals surface area contributed by atoms with E-state index in [-0.39, 0.29) is 29.8 Å². The molecule has 0 saturated carbocycles. The third-order valence-corrected chi connectivity index (χ3v) is 7.44. The van der Waals surface area contributed by atoms with Gasteiger partial charge in [0, 0.05) is 44.5 Å². The molecule has 3 aliphatic heterocycles. The van der Waals surface area contributed by atoms with Crippen LogP contribution < -0.4 is 10.6 Å². The summed E-state index contributed by atoms with van der Waals surface area (Å²) in [5.41, 5.74) is 2.91. The number of nitrogens with zero attached hydrogens (tertiary/aromatic N) is 3. The number of anilines is 1. The van der Waals surface area contributed by atoms with Gasteiger partial charge in [-0.2, -0.15) is 0 Å². The van der Waals surface area contributed by atoms with Gasteiger partial charge in [-0.25, -0.2) is 9.59 Å². The second kappa shape index (κ2) is 10.5. The molecule has 5 amide bonds. The van der Waals surface area contributed by atoms with Gasteiger partial charge in [0.15, 0.2) is 0 Å². The molecule has 9 nitrogen and oxygen atoms in total. The van der Waals surface area contributed by atoms with Crippen molar-refractivity contribution in [3.8, 4) is 5.75 Å². The van der Waals surface area contributed by atoms with Crippen LogP contribution in [0.2, 0.25) is 0 Å². The molecule has 0 bridgehead atoms. The van der Waals surface area contributed by atoms with Crippen molar-refractivity contribution in [1.82, 2.24) is 20.0 Å². The lowest BCUT2D eigenvalue weighted by molar-refractivity contribution is -0.133. The van der Waals surface area contributed by atoms with Gasteiger partial charge in [-0.3, -0.25) is 4.79 Å². The molecule has 36 heavy (non-hydrogen) atoms. The van der Waals surface area contributed by atoms with Crippen molar-refractivity contribution in [3.63, 3.8) is 0 Å². The van der Waals surface area contributed by atoms with Crippen molar-refractivity contribution in [2.24, 2.45) is 0 Å². The van der Waals surface area contributed by atoms with Crippen molar-refractivity contribution >= 4 is 23.7 Å². The van der Waals surface area contributed by atoms with E-state index in [2.05, 4.69) is 10.6 Å². The van der Waals surface area contributed by atoms with Crippen LogP contribution in [0, 0.1) is 0 Å². The molecule has 0 spiro atoms. The van der Waals surface area contributed by atoms with E-state index in [0.29, 0.717) is 52.0 Å². The first-order valence-electron chi connectivity index (χ1n) is 12.8. The number of rotatable bonds is 4. The van der Waals surface area contributed by atoms with E-state index in [4.69, 9.17) is 0 Å². The summed E-state index contributed by atoms with van der Waals surface area (Å²) in [6.45, 7) is 2.77. The van der Waals surface area contributed by atoms with E-state index in [1.807, 2.05) is 41.3 Å². The van der Waals surface area contributed by atoms with Crippen LogP contribution in [0.5, 0.6) is 5.75 Å². The van der Waals surface area contributed by atoms with Gasteiger partial charge in [-0.1, -0.05) is 30.3 Å². The summed E-state index contributed by atoms with van der Waals surface area (Å²) in [6.07, 6.45) is 3.79. The average molecular weight is 492 g/mol. The van der Waals surface area contributed by atoms with E-state index in [1.54, 1.807) is 21.9 Å². The van der Waals surface area contributed by atoms with E-state index in [9.17, 15) is 19.5 Å². The van der Waals surface area contributed by atoms with E-state index in [0.717, 1.165) is 29.7 Å². The third-order valence-electron chi connectivity index (χ3n) is 7.44. The summed E-state index contributed by atoms with van der Waals surface area (Å²) >= 11 is 0. The van der Waals surface area contributed by atoms with Crippen molar-refractivity contribution in [2.45, 2.75) is 57.3 Å². The molecular formula is C27H33N5O4. The number of urea groups is 2. The second-order valence-electron chi connectivity index (χ2n) is 9.86. The Balaban J connectivity index is 1.15. The normalized spacial score (nSPS) is 21.0. The van der Waals surface area contributed by atoms with Gasteiger partial charge in [0.1, 0.15) is 11.8 Å². The molecule has 2 aromatic carbocycles. The number of piperidine rings is 1. The van der Waals surface area contributed by atoms with Crippen LogP contribution in [0.4, 0.5) is 15.3 Å². The number of amides is 5. The molecule has 0 aromatic heterocycles. The second-order valence-corrected chi connectivity index (χ2v) is 9.86. The summed E-state index contributed by atoms with van der Waals surface area (Å²) in [7, 11) is 0. The molecule has 0 aliphatic carbocycles. The highest BCUT2D eigenvalue weighted by Crippen LogP contribution is 2.27. The summed E-state index contributed by atoms with van der Waals surface area (Å²) in [5, 5.41) is 15.5. The fourth-order valence-electron chi connectivity index (χ4n) is 5.36. The highest BCUT2D eigenvalue weighted by atomic mass is 16.3. The van der Waals surface area contributed by atoms with Crippen molar-refractivity contribution in [1.29, 1.82) is 0 Å². The van der Waals surface area contributed by atoms with Crippen LogP contribution in [0.25, 0.3) is 0 Å². The number of phenols is 1. The van der Waals surface area contributed by atoms with Gasteiger partial charge >= 0.3 is 12.1 Å². The third kappa shape index (κ3) is 5.24. The quantitative estimate of drug-likeness (QED) is 0.609. The predicted octanol–water partition coefficient (Wildman–Crippen LogP) is 3.50. The Kier molecular flexibility index (Phi) is 6.97. The Hall–Kier alpha value is -3.75. The SMILES string of the molecule is O=C(NC1CCCCN(Cc2ccc(O)cc2)C1=O)N1CCC(N2Cc3ccccc3NC2=O)CC1. The lowest BCUT2D eigenvalue weighted by atomic mass is 10.0. The van der Waals surface area contributed by atoms with Crippen LogP contribution in [-0.4, -0.2) is 69.5 Å². The molecule has 3 aliphatic rings. The fourth-order valence-corrected chi connectivity index (χ4v) is 5.36. The number of fused-ring (bicyclic) bond motifs is 1. The minimum absolute atomic E-state index is 0.0625. The largest absolute Gasteiger partial charge is 0.508 e. The van der Waals surface area contributed by atoms with Gasteiger partial charge in [0.05, 0.1) is 0 Å². The number of carbonyl (C=O) groups is 3. The van der Waals surface area contributed by atoms with Gasteiger partial charge in [0.2, 0.25) is 5.91 Å². The van der Waals surface area contributed by atoms with Gasteiger partial charge < -0.3 is 30.4 Å². The van der Waals surface area contributed by atoms with Gasteiger partial charge in [-0.05, 0) is 61.4 Å². The smallest absolute Gasteiger partial charge is 0.322 e. The number of benzene rings is 2. The zero-order valence-electron chi connectivity index (χ0n) is 20.4. The van der Waals surface area contributed by atoms with Crippen LogP contribution >= 0.6 is 0 Å². The molecule has 5 rings (SSSR count). The van der Waals surface area contributed by atoms with E-state index >= 15 is 0 Å². The van der Waals surface area contributed by atoms with E-state index < -0.39 is 6.04 Å². The molecule has 9 heteroatoms. The van der Waals surface area contributed by atoms with Gasteiger partial charge in [-0.15, -0.1) is 0 Å². The van der Waals surface area contributed by atoms with E-state index in [1.165, 1.54) is 0 Å². The number of hydrogen-bond acceptors (Lipinski definition) is 4. The molecule has 1 unspecified atom stereocenters. The molecule has 2 saturated heterocycles. The summed E-state index contributed by atoms with van der Waals surface area (Å²) in [4.78, 5) is 44.4. The zero-order valence-corrected chi connectivity index (χ0v) is 20.4. The van der Waals surface area contributed by atoms with Crippen molar-refractivity contribution in [3.05, 3.63) is 59.7 Å². The number of likely N-dealkylation sites (tertiary alicyclic amines) is 2. The maximum Gasteiger partial charge on any atom is 0.322 e. The Morgan fingerprint density at radius 2 is 1.72 bits per heavy atom. The topological polar surface area (TPSA) is 105 Å². The number of carbonyl (C=O) groups excluding carboxylic acids is 3. The highest BCUT2D eigenvalue weighted by molar-refractivity contribution is 5.92. The van der Waals surface area contributed by atoms with Crippen molar-refractivity contribution < 1.29 is 19.5 Å². The van der Waals surface area contributed by atoms with Gasteiger partial charge in [0.25, 0.3) is 0 Å². The highest BCUT2D eigenvalue weighted by Gasteiger charge is 2.34. The predicted molar refractivity (Wildman–Crippen MR) is 135 cm³/mol. The number of hydrogen-bond donors (Lipinski definition) is 3. The summed E-state index contributed by atoms with van der Waals surface area (Å²) in [5.74, 6) is 0.132. The number of para-hydroxylation sites is 1. The first kappa shape index (κ1) is 24.0. The number of aromatic hydroxyl groups is 1.